The number of piperidine rings is 1. The molecule has 2 N–H and O–H groups in total. The van der Waals surface area contributed by atoms with Crippen LogP contribution in [-0.4, -0.2) is 64.6 Å². The Kier molecular flexibility index (Phi) is 7.47. The number of nitrogens with zero attached hydrogens (tertiary/aromatic N) is 4. The molecule has 1 saturated heterocycles. The number of anilines is 2. The standard InChI is InChI=1S/C29H32N6O4/c1-20-17-30-25-24(20)26(32-19-31-25)35-14-12-29(13-15-35,38-18-21-8-5-4-6-9-21)27(36)33-22-10-7-11-23(16-22)39-28(37)34(2)3/h4-11,16-17,19H,12-15,18H2,1-3H3,(H,33,36)(H,30,31,32). The van der Waals surface area contributed by atoms with Gasteiger partial charge < -0.3 is 29.6 Å². The summed E-state index contributed by atoms with van der Waals surface area (Å²) in [5.74, 6) is 0.960. The number of hydrogen-bond donors (Lipinski definition) is 2. The highest BCUT2D eigenvalue weighted by Gasteiger charge is 2.43. The molecule has 0 atom stereocenters. The zero-order chi connectivity index (χ0) is 27.4. The van der Waals surface area contributed by atoms with Gasteiger partial charge in [0.05, 0.1) is 12.0 Å². The smallest absolute Gasteiger partial charge is 0.410 e. The van der Waals surface area contributed by atoms with Crippen LogP contribution in [0.4, 0.5) is 16.3 Å². The summed E-state index contributed by atoms with van der Waals surface area (Å²) in [6.45, 7) is 3.50. The van der Waals surface area contributed by atoms with Crippen LogP contribution in [0.1, 0.15) is 24.0 Å². The van der Waals surface area contributed by atoms with E-state index in [1.165, 1.54) is 4.90 Å². The number of aromatic amines is 1. The number of ether oxygens (including phenoxy) is 2. The molecule has 1 fully saturated rings. The number of aromatic nitrogens is 3. The van der Waals surface area contributed by atoms with Crippen LogP contribution in [0.25, 0.3) is 11.0 Å². The summed E-state index contributed by atoms with van der Waals surface area (Å²) in [7, 11) is 3.22. The molecule has 0 radical (unpaired) electrons. The van der Waals surface area contributed by atoms with Crippen LogP contribution >= 0.6 is 0 Å². The van der Waals surface area contributed by atoms with E-state index in [4.69, 9.17) is 9.47 Å². The normalized spacial score (nSPS) is 14.7. The van der Waals surface area contributed by atoms with Crippen LogP contribution in [0, 0.1) is 6.92 Å². The first kappa shape index (κ1) is 26.2. The van der Waals surface area contributed by atoms with Gasteiger partial charge >= 0.3 is 6.09 Å². The summed E-state index contributed by atoms with van der Waals surface area (Å²) >= 11 is 0. The fraction of sp³-hybridized carbons (Fsp3) is 0.310. The quantitative estimate of drug-likeness (QED) is 0.363. The third-order valence-electron chi connectivity index (χ3n) is 6.95. The van der Waals surface area contributed by atoms with Crippen molar-refractivity contribution in [3.8, 4) is 5.75 Å². The van der Waals surface area contributed by atoms with Gasteiger partial charge in [-0.25, -0.2) is 14.8 Å². The maximum Gasteiger partial charge on any atom is 0.414 e. The highest BCUT2D eigenvalue weighted by molar-refractivity contribution is 5.98. The second-order valence-electron chi connectivity index (χ2n) is 9.89. The van der Waals surface area contributed by atoms with Crippen molar-refractivity contribution in [2.45, 2.75) is 32.0 Å². The SMILES string of the molecule is Cc1c[nH]c2ncnc(N3CCC(OCc4ccccc4)(C(=O)Nc4cccc(OC(=O)N(C)C)c4)CC3)c12. The van der Waals surface area contributed by atoms with Gasteiger partial charge in [0.2, 0.25) is 0 Å². The first-order chi connectivity index (χ1) is 18.8. The number of aryl methyl sites for hydroxylation is 1. The van der Waals surface area contributed by atoms with E-state index in [2.05, 4.69) is 25.2 Å². The Morgan fingerprint density at radius 1 is 1.08 bits per heavy atom. The molecule has 0 aliphatic carbocycles. The Balaban J connectivity index is 1.36. The molecule has 39 heavy (non-hydrogen) atoms. The number of H-pyrrole nitrogens is 1. The zero-order valence-corrected chi connectivity index (χ0v) is 22.3. The van der Waals surface area contributed by atoms with E-state index in [1.54, 1.807) is 44.7 Å². The highest BCUT2D eigenvalue weighted by atomic mass is 16.6. The molecule has 1 aliphatic heterocycles. The van der Waals surface area contributed by atoms with Crippen molar-refractivity contribution in [1.29, 1.82) is 0 Å². The van der Waals surface area contributed by atoms with E-state index in [0.29, 0.717) is 44.0 Å². The lowest BCUT2D eigenvalue weighted by Crippen LogP contribution is -2.53. The summed E-state index contributed by atoms with van der Waals surface area (Å²) in [5, 5.41) is 3.99. The van der Waals surface area contributed by atoms with Crippen LogP contribution in [0.2, 0.25) is 0 Å². The van der Waals surface area contributed by atoms with Gasteiger partial charge in [0, 0.05) is 58.0 Å². The van der Waals surface area contributed by atoms with E-state index in [0.717, 1.165) is 28.0 Å². The van der Waals surface area contributed by atoms with Gasteiger partial charge in [0.15, 0.2) is 5.60 Å². The maximum atomic E-state index is 13.8. The molecule has 3 heterocycles. The number of fused-ring (bicyclic) bond motifs is 1. The van der Waals surface area contributed by atoms with Crippen molar-refractivity contribution in [1.82, 2.24) is 19.9 Å². The third-order valence-corrected chi connectivity index (χ3v) is 6.95. The van der Waals surface area contributed by atoms with E-state index in [1.807, 2.05) is 43.5 Å². The fourth-order valence-corrected chi connectivity index (χ4v) is 4.72. The van der Waals surface area contributed by atoms with E-state index in [-0.39, 0.29) is 5.91 Å². The summed E-state index contributed by atoms with van der Waals surface area (Å²) in [6.07, 6.45) is 3.93. The predicted molar refractivity (Wildman–Crippen MR) is 149 cm³/mol. The molecular weight excluding hydrogens is 496 g/mol. The van der Waals surface area contributed by atoms with Crippen molar-refractivity contribution in [3.63, 3.8) is 0 Å². The summed E-state index contributed by atoms with van der Waals surface area (Å²) < 4.78 is 11.8. The molecule has 0 saturated carbocycles. The largest absolute Gasteiger partial charge is 0.414 e. The van der Waals surface area contributed by atoms with E-state index in [9.17, 15) is 9.59 Å². The van der Waals surface area contributed by atoms with Crippen molar-refractivity contribution in [2.75, 3.05) is 37.4 Å². The van der Waals surface area contributed by atoms with Gasteiger partial charge in [0.25, 0.3) is 5.91 Å². The lowest BCUT2D eigenvalue weighted by atomic mass is 9.89. The van der Waals surface area contributed by atoms with Gasteiger partial charge in [0.1, 0.15) is 23.5 Å². The lowest BCUT2D eigenvalue weighted by molar-refractivity contribution is -0.146. The maximum absolute atomic E-state index is 13.8. The second kappa shape index (κ2) is 11.1. The average molecular weight is 529 g/mol. The fourth-order valence-electron chi connectivity index (χ4n) is 4.72. The third kappa shape index (κ3) is 5.70. The number of benzene rings is 2. The average Bonchev–Trinajstić information content (AvgIpc) is 3.34. The van der Waals surface area contributed by atoms with Crippen LogP contribution < -0.4 is 15.0 Å². The van der Waals surface area contributed by atoms with Gasteiger partial charge in [-0.15, -0.1) is 0 Å². The topological polar surface area (TPSA) is 113 Å². The van der Waals surface area contributed by atoms with Crippen molar-refractivity contribution < 1.29 is 19.1 Å². The number of nitrogens with one attached hydrogen (secondary N) is 2. The number of rotatable bonds is 7. The molecule has 10 nitrogen and oxygen atoms in total. The number of carbonyl (C=O) groups is 2. The molecule has 10 heteroatoms. The van der Waals surface area contributed by atoms with E-state index >= 15 is 0 Å². The molecule has 0 spiro atoms. The second-order valence-corrected chi connectivity index (χ2v) is 9.89. The monoisotopic (exact) mass is 528 g/mol. The summed E-state index contributed by atoms with van der Waals surface area (Å²) in [4.78, 5) is 41.4. The summed E-state index contributed by atoms with van der Waals surface area (Å²) in [6, 6.07) is 16.6. The molecule has 4 aromatic rings. The Hall–Kier alpha value is -4.44. The number of carbonyl (C=O) groups excluding carboxylic acids is 2. The Labute approximate surface area is 227 Å². The molecule has 2 aromatic carbocycles. The molecule has 202 valence electrons. The molecular formula is C29H32N6O4. The first-order valence-corrected chi connectivity index (χ1v) is 12.9. The van der Waals surface area contributed by atoms with Crippen LogP contribution in [0.5, 0.6) is 5.75 Å². The van der Waals surface area contributed by atoms with Gasteiger partial charge in [-0.1, -0.05) is 36.4 Å². The molecule has 2 aromatic heterocycles. The molecule has 1 aliphatic rings. The van der Waals surface area contributed by atoms with Crippen molar-refractivity contribution in [2.24, 2.45) is 0 Å². The minimum atomic E-state index is -1.05. The van der Waals surface area contributed by atoms with Crippen LogP contribution in [0.3, 0.4) is 0 Å². The predicted octanol–water partition coefficient (Wildman–Crippen LogP) is 4.52. The number of hydrogen-bond acceptors (Lipinski definition) is 7. The minimum Gasteiger partial charge on any atom is -0.410 e. The van der Waals surface area contributed by atoms with Crippen molar-refractivity contribution >= 4 is 34.5 Å². The Bertz CT molecular complexity index is 1460. The van der Waals surface area contributed by atoms with Gasteiger partial charge in [-0.05, 0) is 30.2 Å². The number of amides is 2. The van der Waals surface area contributed by atoms with Gasteiger partial charge in [-0.2, -0.15) is 0 Å². The molecule has 2 amide bonds. The van der Waals surface area contributed by atoms with Crippen LogP contribution in [0.15, 0.2) is 67.1 Å². The van der Waals surface area contributed by atoms with Crippen molar-refractivity contribution in [3.05, 3.63) is 78.2 Å². The first-order valence-electron chi connectivity index (χ1n) is 12.9. The Morgan fingerprint density at radius 2 is 1.85 bits per heavy atom. The molecule has 0 bridgehead atoms. The minimum absolute atomic E-state index is 0.236. The molecule has 0 unspecified atom stereocenters. The zero-order valence-electron chi connectivity index (χ0n) is 22.3. The molecule has 5 rings (SSSR count). The Morgan fingerprint density at radius 3 is 2.59 bits per heavy atom. The summed E-state index contributed by atoms with van der Waals surface area (Å²) in [5.41, 5.74) is 2.33. The van der Waals surface area contributed by atoms with Crippen LogP contribution in [-0.2, 0) is 16.1 Å². The lowest BCUT2D eigenvalue weighted by Gasteiger charge is -2.41. The van der Waals surface area contributed by atoms with E-state index < -0.39 is 11.7 Å². The van der Waals surface area contributed by atoms with Gasteiger partial charge in [-0.3, -0.25) is 4.79 Å². The highest BCUT2D eigenvalue weighted by Crippen LogP contribution is 2.34.